The molecule has 98 valence electrons. The van der Waals surface area contributed by atoms with E-state index in [4.69, 9.17) is 0 Å². The lowest BCUT2D eigenvalue weighted by Crippen LogP contribution is -2.36. The van der Waals surface area contributed by atoms with Crippen LogP contribution in [0, 0.1) is 6.92 Å². The first kappa shape index (κ1) is 14.3. The number of hydrogen-bond acceptors (Lipinski definition) is 2. The maximum absolute atomic E-state index is 11.4. The van der Waals surface area contributed by atoms with Crippen LogP contribution in [0.4, 0.5) is 4.79 Å². The highest BCUT2D eigenvalue weighted by Crippen LogP contribution is 2.04. The Labute approximate surface area is 109 Å². The molecule has 4 heteroatoms. The molecule has 2 N–H and O–H groups in total. The van der Waals surface area contributed by atoms with Gasteiger partial charge in [0.15, 0.2) is 0 Å². The molecule has 0 bridgehead atoms. The Morgan fingerprint density at radius 1 is 1.39 bits per heavy atom. The summed E-state index contributed by atoms with van der Waals surface area (Å²) in [7, 11) is 3.94. The van der Waals surface area contributed by atoms with E-state index in [1.807, 2.05) is 50.2 Å². The van der Waals surface area contributed by atoms with Crippen LogP contribution in [0.25, 0.3) is 6.08 Å². The van der Waals surface area contributed by atoms with Crippen LogP contribution in [-0.4, -0.2) is 38.1 Å². The maximum Gasteiger partial charge on any atom is 0.318 e. The largest absolute Gasteiger partial charge is 0.337 e. The van der Waals surface area contributed by atoms with E-state index >= 15 is 0 Å². The molecule has 0 saturated carbocycles. The predicted molar refractivity (Wildman–Crippen MR) is 75.3 cm³/mol. The number of nitrogens with one attached hydrogen (secondary N) is 2. The van der Waals surface area contributed by atoms with Crippen LogP contribution < -0.4 is 10.6 Å². The number of hydrogen-bond donors (Lipinski definition) is 2. The molecule has 0 aliphatic rings. The number of nitrogens with zero attached hydrogens (tertiary/aromatic N) is 1. The van der Waals surface area contributed by atoms with Gasteiger partial charge in [-0.15, -0.1) is 0 Å². The van der Waals surface area contributed by atoms with E-state index in [0.29, 0.717) is 6.54 Å². The fraction of sp³-hybridized carbons (Fsp3) is 0.357. The second-order valence-electron chi connectivity index (χ2n) is 4.45. The zero-order valence-corrected chi connectivity index (χ0v) is 11.2. The Bertz CT molecular complexity index is 413. The smallest absolute Gasteiger partial charge is 0.318 e. The number of benzene rings is 1. The van der Waals surface area contributed by atoms with Gasteiger partial charge in [-0.1, -0.05) is 29.8 Å². The lowest BCUT2D eigenvalue weighted by molar-refractivity contribution is 0.243. The minimum Gasteiger partial charge on any atom is -0.337 e. The van der Waals surface area contributed by atoms with Crippen LogP contribution >= 0.6 is 0 Å². The van der Waals surface area contributed by atoms with Crippen molar-refractivity contribution in [3.05, 3.63) is 41.6 Å². The van der Waals surface area contributed by atoms with Crippen LogP contribution in [0.15, 0.2) is 30.5 Å². The average Bonchev–Trinajstić information content (AvgIpc) is 2.28. The molecule has 0 atom stereocenters. The third-order valence-electron chi connectivity index (χ3n) is 2.38. The van der Waals surface area contributed by atoms with E-state index in [1.54, 1.807) is 6.20 Å². The second kappa shape index (κ2) is 7.50. The number of carbonyl (C=O) groups excluding carboxylic acids is 1. The second-order valence-corrected chi connectivity index (χ2v) is 4.45. The monoisotopic (exact) mass is 247 g/mol. The molecule has 1 aromatic rings. The van der Waals surface area contributed by atoms with Gasteiger partial charge in [-0.05, 0) is 32.7 Å². The van der Waals surface area contributed by atoms with Gasteiger partial charge in [-0.3, -0.25) is 0 Å². The highest BCUT2D eigenvalue weighted by molar-refractivity contribution is 5.75. The predicted octanol–water partition coefficient (Wildman–Crippen LogP) is 1.83. The van der Waals surface area contributed by atoms with Gasteiger partial charge in [0, 0.05) is 19.3 Å². The van der Waals surface area contributed by atoms with Gasteiger partial charge in [-0.25, -0.2) is 4.79 Å². The third-order valence-corrected chi connectivity index (χ3v) is 2.38. The third kappa shape index (κ3) is 6.06. The minimum absolute atomic E-state index is 0.180. The number of likely N-dealkylation sites (N-methyl/N-ethyl adjacent to an activating group) is 1. The summed E-state index contributed by atoms with van der Waals surface area (Å²) < 4.78 is 0. The van der Waals surface area contributed by atoms with Crippen molar-refractivity contribution in [2.75, 3.05) is 27.2 Å². The van der Waals surface area contributed by atoms with Crippen molar-refractivity contribution >= 4 is 12.1 Å². The average molecular weight is 247 g/mol. The molecule has 1 aromatic carbocycles. The summed E-state index contributed by atoms with van der Waals surface area (Å²) in [6.07, 6.45) is 3.53. The van der Waals surface area contributed by atoms with E-state index in [0.717, 1.165) is 12.1 Å². The first-order chi connectivity index (χ1) is 8.58. The fourth-order valence-corrected chi connectivity index (χ4v) is 1.43. The molecule has 0 aliphatic heterocycles. The van der Waals surface area contributed by atoms with Crippen molar-refractivity contribution in [1.82, 2.24) is 15.5 Å². The lowest BCUT2D eigenvalue weighted by atomic mass is 10.1. The summed E-state index contributed by atoms with van der Waals surface area (Å²) >= 11 is 0. The summed E-state index contributed by atoms with van der Waals surface area (Å²) in [5, 5.41) is 5.44. The first-order valence-electron chi connectivity index (χ1n) is 6.00. The Morgan fingerprint density at radius 3 is 2.83 bits per heavy atom. The van der Waals surface area contributed by atoms with Gasteiger partial charge >= 0.3 is 6.03 Å². The fourth-order valence-electron chi connectivity index (χ4n) is 1.43. The minimum atomic E-state index is -0.180. The van der Waals surface area contributed by atoms with Crippen molar-refractivity contribution in [2.24, 2.45) is 0 Å². The molecular weight excluding hydrogens is 226 g/mol. The van der Waals surface area contributed by atoms with Crippen molar-refractivity contribution in [3.63, 3.8) is 0 Å². The Morgan fingerprint density at radius 2 is 2.17 bits per heavy atom. The van der Waals surface area contributed by atoms with Gasteiger partial charge < -0.3 is 15.5 Å². The number of aryl methyl sites for hydroxylation is 1. The van der Waals surface area contributed by atoms with Crippen molar-refractivity contribution < 1.29 is 4.79 Å². The molecule has 0 radical (unpaired) electrons. The van der Waals surface area contributed by atoms with E-state index < -0.39 is 0 Å². The molecule has 0 fully saturated rings. The van der Waals surface area contributed by atoms with Crippen LogP contribution in [0.3, 0.4) is 0 Å². The number of carbonyl (C=O) groups is 1. The molecule has 1 rings (SSSR count). The molecule has 2 amide bonds. The topological polar surface area (TPSA) is 44.4 Å². The van der Waals surface area contributed by atoms with Gasteiger partial charge in [0.25, 0.3) is 0 Å². The van der Waals surface area contributed by atoms with Crippen LogP contribution in [0.5, 0.6) is 0 Å². The van der Waals surface area contributed by atoms with Crippen LogP contribution in [-0.2, 0) is 0 Å². The maximum atomic E-state index is 11.4. The molecule has 4 nitrogen and oxygen atoms in total. The Hall–Kier alpha value is -1.81. The Kier molecular flexibility index (Phi) is 5.94. The van der Waals surface area contributed by atoms with Crippen LogP contribution in [0.2, 0.25) is 0 Å². The van der Waals surface area contributed by atoms with Gasteiger partial charge in [0.2, 0.25) is 0 Å². The number of urea groups is 1. The van der Waals surface area contributed by atoms with E-state index in [-0.39, 0.29) is 6.03 Å². The summed E-state index contributed by atoms with van der Waals surface area (Å²) in [6, 6.07) is 7.91. The molecule has 0 spiro atoms. The van der Waals surface area contributed by atoms with Gasteiger partial charge in [-0.2, -0.15) is 0 Å². The highest BCUT2D eigenvalue weighted by atomic mass is 16.2. The molecule has 0 aliphatic carbocycles. The van der Waals surface area contributed by atoms with Crippen LogP contribution in [0.1, 0.15) is 11.1 Å². The van der Waals surface area contributed by atoms with Crippen molar-refractivity contribution in [3.8, 4) is 0 Å². The number of rotatable bonds is 5. The molecule has 0 heterocycles. The normalized spacial score (nSPS) is 10.9. The molecule has 0 saturated heterocycles. The van der Waals surface area contributed by atoms with Gasteiger partial charge in [0.1, 0.15) is 0 Å². The summed E-state index contributed by atoms with van der Waals surface area (Å²) in [5.41, 5.74) is 2.27. The quantitative estimate of drug-likeness (QED) is 0.833. The van der Waals surface area contributed by atoms with Gasteiger partial charge in [0.05, 0.1) is 0 Å². The molecular formula is C14H21N3O. The molecule has 0 unspecified atom stereocenters. The standard InChI is InChI=1S/C14H21N3O/c1-12-5-4-6-13(11-12)7-8-15-14(18)16-9-10-17(2)3/h4-8,11H,9-10H2,1-3H3,(H2,15,16,18)/b8-7+. The van der Waals surface area contributed by atoms with Crippen molar-refractivity contribution in [2.45, 2.75) is 6.92 Å². The molecule has 0 aromatic heterocycles. The zero-order chi connectivity index (χ0) is 13.4. The Balaban J connectivity index is 2.29. The summed E-state index contributed by atoms with van der Waals surface area (Å²) in [6.45, 7) is 3.50. The number of amides is 2. The SMILES string of the molecule is Cc1cccc(/C=C/NC(=O)NCCN(C)C)c1. The summed E-state index contributed by atoms with van der Waals surface area (Å²) in [4.78, 5) is 13.4. The zero-order valence-electron chi connectivity index (χ0n) is 11.2. The summed E-state index contributed by atoms with van der Waals surface area (Å²) in [5.74, 6) is 0. The van der Waals surface area contributed by atoms with E-state index in [9.17, 15) is 4.79 Å². The van der Waals surface area contributed by atoms with Crippen molar-refractivity contribution in [1.29, 1.82) is 0 Å². The van der Waals surface area contributed by atoms with E-state index in [2.05, 4.69) is 16.7 Å². The molecule has 18 heavy (non-hydrogen) atoms. The first-order valence-corrected chi connectivity index (χ1v) is 6.00. The lowest BCUT2D eigenvalue weighted by Gasteiger charge is -2.09. The van der Waals surface area contributed by atoms with E-state index in [1.165, 1.54) is 5.56 Å². The highest BCUT2D eigenvalue weighted by Gasteiger charge is 1.96.